The first-order valence-corrected chi connectivity index (χ1v) is 7.58. The number of benzene rings is 2. The lowest BCUT2D eigenvalue weighted by Gasteiger charge is -2.29. The Bertz CT molecular complexity index is 521. The second kappa shape index (κ2) is 6.92. The molecule has 106 valence electrons. The average molecular weight is 289 g/mol. The Kier molecular flexibility index (Phi) is 5.22. The van der Waals surface area contributed by atoms with Crippen LogP contribution >= 0.6 is 11.6 Å². The van der Waals surface area contributed by atoms with Gasteiger partial charge in [0.05, 0.1) is 0 Å². The summed E-state index contributed by atoms with van der Waals surface area (Å²) in [4.78, 5) is 0. The van der Waals surface area contributed by atoms with Crippen molar-refractivity contribution in [3.8, 4) is 0 Å². The molecule has 20 heavy (non-hydrogen) atoms. The quantitative estimate of drug-likeness (QED) is 0.728. The fourth-order valence-corrected chi connectivity index (χ4v) is 2.65. The molecule has 0 saturated carbocycles. The van der Waals surface area contributed by atoms with Gasteiger partial charge in [-0.25, -0.2) is 0 Å². The van der Waals surface area contributed by atoms with E-state index in [1.807, 2.05) is 54.6 Å². The molecule has 1 N–H and O–H groups in total. The smallest absolute Gasteiger partial charge is 0.115 e. The Morgan fingerprint density at radius 3 is 2.10 bits per heavy atom. The lowest BCUT2D eigenvalue weighted by atomic mass is 9.82. The van der Waals surface area contributed by atoms with Gasteiger partial charge in [-0.1, -0.05) is 73.8 Å². The van der Waals surface area contributed by atoms with Crippen LogP contribution in [0.15, 0.2) is 54.6 Å². The van der Waals surface area contributed by atoms with Gasteiger partial charge in [0.1, 0.15) is 5.60 Å². The summed E-state index contributed by atoms with van der Waals surface area (Å²) in [5.74, 6) is 0. The lowest BCUT2D eigenvalue weighted by molar-refractivity contribution is 0.0680. The first-order chi connectivity index (χ1) is 9.66. The van der Waals surface area contributed by atoms with E-state index in [0.29, 0.717) is 5.02 Å². The zero-order chi connectivity index (χ0) is 14.4. The van der Waals surface area contributed by atoms with Crippen molar-refractivity contribution in [3.63, 3.8) is 0 Å². The van der Waals surface area contributed by atoms with Crippen molar-refractivity contribution < 1.29 is 5.11 Å². The minimum Gasteiger partial charge on any atom is -0.380 e. The number of hydrogen-bond donors (Lipinski definition) is 1. The lowest BCUT2D eigenvalue weighted by Crippen LogP contribution is -2.27. The molecular formula is C18H21ClO. The van der Waals surface area contributed by atoms with Gasteiger partial charge in [0, 0.05) is 5.02 Å². The van der Waals surface area contributed by atoms with E-state index in [4.69, 9.17) is 11.6 Å². The Morgan fingerprint density at radius 2 is 1.50 bits per heavy atom. The summed E-state index contributed by atoms with van der Waals surface area (Å²) >= 11 is 5.95. The van der Waals surface area contributed by atoms with Crippen molar-refractivity contribution in [2.75, 3.05) is 0 Å². The highest BCUT2D eigenvalue weighted by Gasteiger charge is 2.30. The molecule has 0 aliphatic heterocycles. The minimum absolute atomic E-state index is 0.692. The van der Waals surface area contributed by atoms with Crippen molar-refractivity contribution in [1.82, 2.24) is 0 Å². The standard InChI is InChI=1S/C18H21ClO/c1-2-3-7-14-18(20,15-8-5-4-6-9-15)16-10-12-17(19)13-11-16/h4-6,8-13,20H,2-3,7,14H2,1H3. The Morgan fingerprint density at radius 1 is 0.900 bits per heavy atom. The van der Waals surface area contributed by atoms with Crippen LogP contribution in [0.4, 0.5) is 0 Å². The molecule has 0 aliphatic rings. The Labute approximate surface area is 126 Å². The number of unbranched alkanes of at least 4 members (excludes halogenated alkanes) is 2. The Hall–Kier alpha value is -1.31. The third-order valence-corrected chi connectivity index (χ3v) is 3.97. The monoisotopic (exact) mass is 288 g/mol. The van der Waals surface area contributed by atoms with Crippen molar-refractivity contribution >= 4 is 11.6 Å². The van der Waals surface area contributed by atoms with Gasteiger partial charge in [-0.15, -0.1) is 0 Å². The molecule has 0 heterocycles. The first-order valence-electron chi connectivity index (χ1n) is 7.21. The van der Waals surface area contributed by atoms with Crippen molar-refractivity contribution in [2.45, 2.75) is 38.2 Å². The molecule has 0 aromatic heterocycles. The Balaban J connectivity index is 2.35. The van der Waals surface area contributed by atoms with Gasteiger partial charge < -0.3 is 5.11 Å². The van der Waals surface area contributed by atoms with Gasteiger partial charge in [0.25, 0.3) is 0 Å². The van der Waals surface area contributed by atoms with E-state index in [-0.39, 0.29) is 0 Å². The second-order valence-corrected chi connectivity index (χ2v) is 5.63. The third-order valence-electron chi connectivity index (χ3n) is 3.72. The molecule has 2 aromatic carbocycles. The van der Waals surface area contributed by atoms with Crippen molar-refractivity contribution in [1.29, 1.82) is 0 Å². The van der Waals surface area contributed by atoms with Crippen LogP contribution in [0.3, 0.4) is 0 Å². The SMILES string of the molecule is CCCCCC(O)(c1ccccc1)c1ccc(Cl)cc1. The van der Waals surface area contributed by atoms with Crippen LogP contribution in [-0.2, 0) is 5.60 Å². The largest absolute Gasteiger partial charge is 0.380 e. The van der Waals surface area contributed by atoms with Gasteiger partial charge >= 0.3 is 0 Å². The van der Waals surface area contributed by atoms with Gasteiger partial charge in [0.15, 0.2) is 0 Å². The van der Waals surface area contributed by atoms with E-state index in [2.05, 4.69) is 6.92 Å². The van der Waals surface area contributed by atoms with Crippen molar-refractivity contribution in [3.05, 3.63) is 70.7 Å². The summed E-state index contributed by atoms with van der Waals surface area (Å²) in [6, 6.07) is 17.4. The number of halogens is 1. The normalized spacial score (nSPS) is 13.9. The van der Waals surface area contributed by atoms with Crippen LogP contribution in [-0.4, -0.2) is 5.11 Å². The molecule has 2 aromatic rings. The number of rotatable bonds is 6. The summed E-state index contributed by atoms with van der Waals surface area (Å²) in [7, 11) is 0. The summed E-state index contributed by atoms with van der Waals surface area (Å²) in [6.07, 6.45) is 4.01. The van der Waals surface area contributed by atoms with Crippen LogP contribution in [0.5, 0.6) is 0 Å². The van der Waals surface area contributed by atoms with E-state index in [9.17, 15) is 5.11 Å². The summed E-state index contributed by atoms with van der Waals surface area (Å²) in [5.41, 5.74) is 0.920. The zero-order valence-electron chi connectivity index (χ0n) is 11.8. The molecule has 0 amide bonds. The van der Waals surface area contributed by atoms with E-state index in [0.717, 1.165) is 36.8 Å². The predicted octanol–water partition coefficient (Wildman–Crippen LogP) is 5.16. The van der Waals surface area contributed by atoms with Crippen LogP contribution in [0.1, 0.15) is 43.7 Å². The van der Waals surface area contributed by atoms with Gasteiger partial charge in [-0.05, 0) is 36.1 Å². The molecule has 1 atom stereocenters. The molecular weight excluding hydrogens is 268 g/mol. The van der Waals surface area contributed by atoms with Gasteiger partial charge in [-0.2, -0.15) is 0 Å². The van der Waals surface area contributed by atoms with Crippen LogP contribution in [0, 0.1) is 0 Å². The molecule has 1 unspecified atom stereocenters. The van der Waals surface area contributed by atoms with Gasteiger partial charge in [-0.3, -0.25) is 0 Å². The fraction of sp³-hybridized carbons (Fsp3) is 0.333. The minimum atomic E-state index is -0.930. The summed E-state index contributed by atoms with van der Waals surface area (Å²) in [6.45, 7) is 2.17. The highest BCUT2D eigenvalue weighted by molar-refractivity contribution is 6.30. The van der Waals surface area contributed by atoms with E-state index in [1.165, 1.54) is 0 Å². The predicted molar refractivity (Wildman–Crippen MR) is 85.0 cm³/mol. The van der Waals surface area contributed by atoms with E-state index in [1.54, 1.807) is 0 Å². The van der Waals surface area contributed by atoms with E-state index >= 15 is 0 Å². The van der Waals surface area contributed by atoms with Crippen molar-refractivity contribution in [2.24, 2.45) is 0 Å². The molecule has 0 saturated heterocycles. The average Bonchev–Trinajstić information content (AvgIpc) is 2.49. The number of hydrogen-bond acceptors (Lipinski definition) is 1. The molecule has 1 nitrogen and oxygen atoms in total. The molecule has 0 spiro atoms. The molecule has 2 rings (SSSR count). The third kappa shape index (κ3) is 3.41. The molecule has 2 heteroatoms. The van der Waals surface area contributed by atoms with Crippen LogP contribution in [0.2, 0.25) is 5.02 Å². The highest BCUT2D eigenvalue weighted by Crippen LogP contribution is 2.35. The van der Waals surface area contributed by atoms with Crippen LogP contribution < -0.4 is 0 Å². The molecule has 0 aliphatic carbocycles. The maximum Gasteiger partial charge on any atom is 0.115 e. The van der Waals surface area contributed by atoms with Gasteiger partial charge in [0.2, 0.25) is 0 Å². The molecule has 0 radical (unpaired) electrons. The molecule has 0 fully saturated rings. The fourth-order valence-electron chi connectivity index (χ4n) is 2.53. The topological polar surface area (TPSA) is 20.2 Å². The van der Waals surface area contributed by atoms with E-state index < -0.39 is 5.60 Å². The highest BCUT2D eigenvalue weighted by atomic mass is 35.5. The first kappa shape index (κ1) is 15.1. The second-order valence-electron chi connectivity index (χ2n) is 5.19. The van der Waals surface area contributed by atoms with Crippen LogP contribution in [0.25, 0.3) is 0 Å². The molecule has 0 bridgehead atoms. The number of aliphatic hydroxyl groups is 1. The maximum absolute atomic E-state index is 11.2. The summed E-state index contributed by atoms with van der Waals surface area (Å²) < 4.78 is 0. The maximum atomic E-state index is 11.2. The summed E-state index contributed by atoms with van der Waals surface area (Å²) in [5, 5.41) is 11.9. The zero-order valence-corrected chi connectivity index (χ0v) is 12.6.